The molecular weight excluding hydrogens is 409 g/mol. The zero-order chi connectivity index (χ0) is 22.7. The Kier molecular flexibility index (Phi) is 7.53. The summed E-state index contributed by atoms with van der Waals surface area (Å²) in [7, 11) is 0.925. The lowest BCUT2D eigenvalue weighted by Gasteiger charge is -2.25. The van der Waals surface area contributed by atoms with E-state index >= 15 is 0 Å². The normalized spacial score (nSPS) is 13.3. The molecule has 0 bridgehead atoms. The van der Waals surface area contributed by atoms with Gasteiger partial charge in [-0.25, -0.2) is 22.8 Å². The molecule has 0 saturated heterocycles. The van der Waals surface area contributed by atoms with Crippen molar-refractivity contribution in [3.05, 3.63) is 29.1 Å². The van der Waals surface area contributed by atoms with E-state index in [1.54, 1.807) is 0 Å². The van der Waals surface area contributed by atoms with Crippen LogP contribution in [0.3, 0.4) is 0 Å². The molecule has 0 aliphatic rings. The van der Waals surface area contributed by atoms with Crippen LogP contribution in [0.5, 0.6) is 5.75 Å². The van der Waals surface area contributed by atoms with E-state index in [4.69, 9.17) is 4.74 Å². The summed E-state index contributed by atoms with van der Waals surface area (Å²) in [6.45, 7) is 5.54. The van der Waals surface area contributed by atoms with E-state index in [-0.39, 0.29) is 0 Å². The summed E-state index contributed by atoms with van der Waals surface area (Å²) in [6, 6.07) is -1.75. The number of nitrogens with one attached hydrogen (secondary N) is 1. The Bertz CT molecular complexity index is 795. The molecular formula is C17H18F5NO6. The number of carbonyl (C=O) groups excluding carboxylic acids is 3. The van der Waals surface area contributed by atoms with E-state index in [1.165, 1.54) is 20.8 Å². The second-order valence-electron chi connectivity index (χ2n) is 6.76. The maximum Gasteiger partial charge on any atom is 0.408 e. The van der Waals surface area contributed by atoms with E-state index in [0.29, 0.717) is 0 Å². The minimum Gasteiger partial charge on any atom is -0.467 e. The second-order valence-corrected chi connectivity index (χ2v) is 6.76. The predicted molar refractivity (Wildman–Crippen MR) is 86.2 cm³/mol. The van der Waals surface area contributed by atoms with Gasteiger partial charge in [0, 0.05) is 0 Å². The zero-order valence-corrected chi connectivity index (χ0v) is 16.0. The lowest BCUT2D eigenvalue weighted by Crippen LogP contribution is -2.50. The van der Waals surface area contributed by atoms with Crippen molar-refractivity contribution in [2.24, 2.45) is 5.92 Å². The van der Waals surface area contributed by atoms with Gasteiger partial charge in [0.25, 0.3) is 0 Å². The average molecular weight is 427 g/mol. The second kappa shape index (κ2) is 9.05. The van der Waals surface area contributed by atoms with Crippen LogP contribution in [0.1, 0.15) is 27.7 Å². The molecule has 162 valence electrons. The first kappa shape index (κ1) is 24.1. The molecule has 2 atom stereocenters. The minimum atomic E-state index is -2.44. The Balaban J connectivity index is 3.13. The van der Waals surface area contributed by atoms with Crippen molar-refractivity contribution in [1.29, 1.82) is 0 Å². The van der Waals surface area contributed by atoms with Crippen LogP contribution in [0.15, 0.2) is 0 Å². The fraction of sp³-hybridized carbons (Fsp3) is 0.471. The molecule has 1 rings (SSSR count). The molecule has 0 fully saturated rings. The highest BCUT2D eigenvalue weighted by molar-refractivity contribution is 5.88. The number of halogens is 5. The number of hydrogen-bond acceptors (Lipinski definition) is 6. The molecule has 7 nitrogen and oxygen atoms in total. The highest BCUT2D eigenvalue weighted by atomic mass is 19.2. The highest BCUT2D eigenvalue weighted by Gasteiger charge is 2.37. The van der Waals surface area contributed by atoms with Gasteiger partial charge < -0.3 is 19.5 Å². The van der Waals surface area contributed by atoms with Crippen LogP contribution in [-0.2, 0) is 19.1 Å². The molecule has 0 radical (unpaired) electrons. The van der Waals surface area contributed by atoms with E-state index in [2.05, 4.69) is 9.47 Å². The molecule has 12 heteroatoms. The average Bonchev–Trinajstić information content (AvgIpc) is 2.63. The monoisotopic (exact) mass is 427 g/mol. The van der Waals surface area contributed by atoms with E-state index in [0.717, 1.165) is 14.0 Å². The van der Waals surface area contributed by atoms with Gasteiger partial charge >= 0.3 is 18.0 Å². The third-order valence-corrected chi connectivity index (χ3v) is 3.37. The number of methoxy groups -OCH3 is 1. The number of esters is 2. The summed E-state index contributed by atoms with van der Waals surface area (Å²) in [4.78, 5) is 35.9. The maximum atomic E-state index is 13.7. The first-order chi connectivity index (χ1) is 13.2. The number of alkyl carbamates (subject to hydrolysis) is 1. The molecule has 0 aliphatic carbocycles. The minimum absolute atomic E-state index is 0.925. The molecule has 1 amide bonds. The Hall–Kier alpha value is -2.92. The summed E-state index contributed by atoms with van der Waals surface area (Å²) >= 11 is 0. The maximum absolute atomic E-state index is 13.7. The number of amides is 1. The fourth-order valence-corrected chi connectivity index (χ4v) is 1.95. The van der Waals surface area contributed by atoms with Gasteiger partial charge in [-0.3, -0.25) is 4.79 Å². The van der Waals surface area contributed by atoms with Gasteiger partial charge in [-0.15, -0.1) is 0 Å². The highest BCUT2D eigenvalue weighted by Crippen LogP contribution is 2.30. The Morgan fingerprint density at radius 2 is 1.31 bits per heavy atom. The number of benzene rings is 1. The van der Waals surface area contributed by atoms with Crippen molar-refractivity contribution < 1.29 is 50.5 Å². The number of carbonyl (C=O) groups is 3. The van der Waals surface area contributed by atoms with E-state index < -0.39 is 70.4 Å². The Morgan fingerprint density at radius 1 is 0.862 bits per heavy atom. The summed E-state index contributed by atoms with van der Waals surface area (Å²) in [5.41, 5.74) is -0.968. The van der Waals surface area contributed by atoms with Crippen LogP contribution in [0.4, 0.5) is 26.7 Å². The van der Waals surface area contributed by atoms with Gasteiger partial charge in [0.05, 0.1) is 13.0 Å². The fourth-order valence-electron chi connectivity index (χ4n) is 1.95. The van der Waals surface area contributed by atoms with Crippen LogP contribution in [0.25, 0.3) is 0 Å². The molecule has 1 aromatic carbocycles. The van der Waals surface area contributed by atoms with Gasteiger partial charge in [-0.1, -0.05) is 0 Å². The third kappa shape index (κ3) is 5.78. The first-order valence-electron chi connectivity index (χ1n) is 8.01. The van der Waals surface area contributed by atoms with E-state index in [1.807, 2.05) is 5.32 Å². The lowest BCUT2D eigenvalue weighted by atomic mass is 10.0. The molecule has 29 heavy (non-hydrogen) atoms. The largest absolute Gasteiger partial charge is 0.467 e. The van der Waals surface area contributed by atoms with Gasteiger partial charge in [-0.2, -0.15) is 8.78 Å². The summed E-state index contributed by atoms with van der Waals surface area (Å²) in [5, 5.41) is 2.02. The number of rotatable bonds is 5. The first-order valence-corrected chi connectivity index (χ1v) is 8.01. The molecule has 0 heterocycles. The van der Waals surface area contributed by atoms with Crippen LogP contribution in [0.2, 0.25) is 0 Å². The lowest BCUT2D eigenvalue weighted by molar-refractivity contribution is -0.151. The number of hydrogen-bond donors (Lipinski definition) is 1. The third-order valence-electron chi connectivity index (χ3n) is 3.37. The van der Waals surface area contributed by atoms with Crippen LogP contribution >= 0.6 is 0 Å². The molecule has 0 spiro atoms. The number of ether oxygens (including phenoxy) is 3. The molecule has 0 aliphatic heterocycles. The quantitative estimate of drug-likeness (QED) is 0.256. The summed E-state index contributed by atoms with van der Waals surface area (Å²) in [6.07, 6.45) is -1.14. The van der Waals surface area contributed by atoms with Crippen molar-refractivity contribution in [2.75, 3.05) is 7.11 Å². The van der Waals surface area contributed by atoms with Gasteiger partial charge in [-0.05, 0) is 27.7 Å². The van der Waals surface area contributed by atoms with Crippen LogP contribution in [-0.4, -0.2) is 36.8 Å². The molecule has 1 N–H and O–H groups in total. The van der Waals surface area contributed by atoms with E-state index in [9.17, 15) is 36.3 Å². The zero-order valence-electron chi connectivity index (χ0n) is 16.0. The van der Waals surface area contributed by atoms with Gasteiger partial charge in [0.1, 0.15) is 11.6 Å². The Morgan fingerprint density at radius 3 is 1.72 bits per heavy atom. The SMILES string of the molecule is COC(=O)[C@H](NC(=O)OC(C)(C)C)[C@H](C)C(=O)Oc1c(F)c(F)c(F)c(F)c1F. The standard InChI is InChI=1S/C17H18F5NO6/c1-6(12(15(25)27-5)23-16(26)29-17(2,3)4)14(24)28-13-10(21)8(19)7(18)9(20)11(13)22/h6,12H,1-5H3,(H,23,26)/t6-,12+/m0/s1. The van der Waals surface area contributed by atoms with Crippen LogP contribution < -0.4 is 10.1 Å². The van der Waals surface area contributed by atoms with Crippen molar-refractivity contribution in [2.45, 2.75) is 39.3 Å². The molecule has 1 aromatic rings. The Labute approximate surface area is 162 Å². The smallest absolute Gasteiger partial charge is 0.408 e. The van der Waals surface area contributed by atoms with Crippen molar-refractivity contribution in [3.8, 4) is 5.75 Å². The van der Waals surface area contributed by atoms with Gasteiger partial charge in [0.15, 0.2) is 0 Å². The molecule has 0 unspecified atom stereocenters. The summed E-state index contributed by atoms with van der Waals surface area (Å²) in [5.74, 6) is -18.1. The van der Waals surface area contributed by atoms with Crippen LogP contribution in [0, 0.1) is 35.0 Å². The predicted octanol–water partition coefficient (Wildman–Crippen LogP) is 2.99. The van der Waals surface area contributed by atoms with Gasteiger partial charge in [0.2, 0.25) is 34.8 Å². The molecule has 0 aromatic heterocycles. The topological polar surface area (TPSA) is 90.9 Å². The summed E-state index contributed by atoms with van der Waals surface area (Å²) < 4.78 is 80.5. The molecule has 0 saturated carbocycles. The van der Waals surface area contributed by atoms with Crippen molar-refractivity contribution >= 4 is 18.0 Å². The van der Waals surface area contributed by atoms with Crippen molar-refractivity contribution in [1.82, 2.24) is 5.32 Å². The van der Waals surface area contributed by atoms with Crippen molar-refractivity contribution in [3.63, 3.8) is 0 Å².